The van der Waals surface area contributed by atoms with Crippen LogP contribution in [0.2, 0.25) is 0 Å². The first-order valence-electron chi connectivity index (χ1n) is 6.32. The summed E-state index contributed by atoms with van der Waals surface area (Å²) in [4.78, 5) is 25.1. The number of hydrogen-bond donors (Lipinski definition) is 3. The van der Waals surface area contributed by atoms with E-state index >= 15 is 0 Å². The number of nitrogens with one attached hydrogen (secondary N) is 3. The Balaban J connectivity index is 1.80. The lowest BCUT2D eigenvalue weighted by Crippen LogP contribution is -1.99. The molecule has 0 unspecified atom stereocenters. The highest BCUT2D eigenvalue weighted by atomic mass is 16.1. The summed E-state index contributed by atoms with van der Waals surface area (Å²) in [6.07, 6.45) is 3.21. The Bertz CT molecular complexity index is 1010. The standard InChI is InChI=1S/C13H11N7O/c1-20-12-8(5-16-20)11(14-6-15-12)17-7-2-3-9-10(4-7)19-13(21)18-9/h2-6H,1H3,(H,14,15,17)(H2,18,19,21). The van der Waals surface area contributed by atoms with E-state index in [1.165, 1.54) is 6.33 Å². The zero-order valence-corrected chi connectivity index (χ0v) is 11.1. The molecule has 3 aromatic heterocycles. The van der Waals surface area contributed by atoms with Gasteiger partial charge in [-0.3, -0.25) is 4.68 Å². The van der Waals surface area contributed by atoms with Crippen molar-refractivity contribution >= 4 is 33.6 Å². The third-order valence-electron chi connectivity index (χ3n) is 3.31. The van der Waals surface area contributed by atoms with Gasteiger partial charge < -0.3 is 15.3 Å². The summed E-state index contributed by atoms with van der Waals surface area (Å²) in [6, 6.07) is 5.55. The number of benzene rings is 1. The maximum atomic E-state index is 11.3. The maximum absolute atomic E-state index is 11.3. The van der Waals surface area contributed by atoms with E-state index in [2.05, 4.69) is 30.4 Å². The molecule has 21 heavy (non-hydrogen) atoms. The molecule has 1 aromatic carbocycles. The lowest BCUT2D eigenvalue weighted by Gasteiger charge is -2.06. The molecule has 3 heterocycles. The number of rotatable bonds is 2. The molecule has 0 saturated carbocycles. The van der Waals surface area contributed by atoms with Gasteiger partial charge in [0.15, 0.2) is 5.65 Å². The summed E-state index contributed by atoms with van der Waals surface area (Å²) in [7, 11) is 1.83. The SMILES string of the molecule is Cn1ncc2c(Nc3ccc4[nH]c(=O)[nH]c4c3)ncnc21. The van der Waals surface area contributed by atoms with Crippen molar-refractivity contribution in [2.24, 2.45) is 7.05 Å². The summed E-state index contributed by atoms with van der Waals surface area (Å²) >= 11 is 0. The first-order valence-corrected chi connectivity index (χ1v) is 6.32. The predicted molar refractivity (Wildman–Crippen MR) is 78.5 cm³/mol. The van der Waals surface area contributed by atoms with Crippen LogP contribution in [0.15, 0.2) is 35.5 Å². The van der Waals surface area contributed by atoms with Crippen molar-refractivity contribution in [1.82, 2.24) is 29.7 Å². The van der Waals surface area contributed by atoms with Crippen molar-refractivity contribution in [2.45, 2.75) is 0 Å². The van der Waals surface area contributed by atoms with Crippen molar-refractivity contribution < 1.29 is 0 Å². The minimum absolute atomic E-state index is 0.223. The van der Waals surface area contributed by atoms with Gasteiger partial charge in [-0.05, 0) is 18.2 Å². The van der Waals surface area contributed by atoms with Crippen molar-refractivity contribution in [1.29, 1.82) is 0 Å². The number of H-pyrrole nitrogens is 2. The topological polar surface area (TPSA) is 104 Å². The second-order valence-electron chi connectivity index (χ2n) is 4.69. The third-order valence-corrected chi connectivity index (χ3v) is 3.31. The molecule has 0 aliphatic heterocycles. The van der Waals surface area contributed by atoms with Crippen molar-refractivity contribution in [3.63, 3.8) is 0 Å². The zero-order chi connectivity index (χ0) is 14.4. The minimum Gasteiger partial charge on any atom is -0.339 e. The van der Waals surface area contributed by atoms with Gasteiger partial charge >= 0.3 is 5.69 Å². The van der Waals surface area contributed by atoms with Crippen LogP contribution < -0.4 is 11.0 Å². The average molecular weight is 281 g/mol. The smallest absolute Gasteiger partial charge is 0.323 e. The lowest BCUT2D eigenvalue weighted by molar-refractivity contribution is 0.785. The highest BCUT2D eigenvalue weighted by molar-refractivity contribution is 5.89. The van der Waals surface area contributed by atoms with Crippen LogP contribution in [0.5, 0.6) is 0 Å². The van der Waals surface area contributed by atoms with Gasteiger partial charge in [-0.2, -0.15) is 5.10 Å². The molecule has 0 spiro atoms. The van der Waals surface area contributed by atoms with Gasteiger partial charge in [-0.15, -0.1) is 0 Å². The zero-order valence-electron chi connectivity index (χ0n) is 11.1. The number of aryl methyl sites for hydroxylation is 1. The summed E-state index contributed by atoms with van der Waals surface area (Å²) in [6.45, 7) is 0. The minimum atomic E-state index is -0.223. The van der Waals surface area contributed by atoms with Crippen LogP contribution in [0, 0.1) is 0 Å². The monoisotopic (exact) mass is 281 g/mol. The van der Waals surface area contributed by atoms with Gasteiger partial charge in [0.25, 0.3) is 0 Å². The highest BCUT2D eigenvalue weighted by Crippen LogP contribution is 2.23. The molecule has 4 rings (SSSR count). The molecule has 0 bridgehead atoms. The molecule has 4 aromatic rings. The first kappa shape index (κ1) is 11.6. The summed E-state index contributed by atoms with van der Waals surface area (Å²) < 4.78 is 1.69. The van der Waals surface area contributed by atoms with E-state index in [9.17, 15) is 4.79 Å². The van der Waals surface area contributed by atoms with Crippen molar-refractivity contribution in [3.8, 4) is 0 Å². The molecule has 0 aliphatic carbocycles. The third kappa shape index (κ3) is 1.84. The second kappa shape index (κ2) is 4.17. The van der Waals surface area contributed by atoms with Gasteiger partial charge in [0, 0.05) is 12.7 Å². The molecule has 0 saturated heterocycles. The molecular weight excluding hydrogens is 270 g/mol. The fourth-order valence-corrected chi connectivity index (χ4v) is 2.31. The largest absolute Gasteiger partial charge is 0.339 e. The second-order valence-corrected chi connectivity index (χ2v) is 4.69. The molecule has 8 heteroatoms. The number of anilines is 2. The Hall–Kier alpha value is -3.16. The quantitative estimate of drug-likeness (QED) is 0.513. The summed E-state index contributed by atoms with van der Waals surface area (Å²) in [5.41, 5.74) is 2.85. The summed E-state index contributed by atoms with van der Waals surface area (Å²) in [5.74, 6) is 0.672. The Morgan fingerprint density at radius 1 is 1.19 bits per heavy atom. The van der Waals surface area contributed by atoms with Crippen LogP contribution in [0.1, 0.15) is 0 Å². The average Bonchev–Trinajstić information content (AvgIpc) is 3.02. The lowest BCUT2D eigenvalue weighted by atomic mass is 10.2. The van der Waals surface area contributed by atoms with Crippen LogP contribution in [0.3, 0.4) is 0 Å². The van der Waals surface area contributed by atoms with Crippen LogP contribution in [-0.4, -0.2) is 29.7 Å². The molecular formula is C13H11N7O. The van der Waals surface area contributed by atoms with E-state index in [0.29, 0.717) is 5.82 Å². The van der Waals surface area contributed by atoms with Crippen LogP contribution in [0.25, 0.3) is 22.1 Å². The highest BCUT2D eigenvalue weighted by Gasteiger charge is 2.08. The van der Waals surface area contributed by atoms with E-state index in [0.717, 1.165) is 27.8 Å². The van der Waals surface area contributed by atoms with E-state index in [1.54, 1.807) is 10.9 Å². The number of fused-ring (bicyclic) bond motifs is 2. The van der Waals surface area contributed by atoms with Gasteiger partial charge in [-0.25, -0.2) is 14.8 Å². The molecule has 3 N–H and O–H groups in total. The van der Waals surface area contributed by atoms with Crippen LogP contribution >= 0.6 is 0 Å². The van der Waals surface area contributed by atoms with Gasteiger partial charge in [0.1, 0.15) is 12.1 Å². The number of aromatic amines is 2. The van der Waals surface area contributed by atoms with E-state index < -0.39 is 0 Å². The number of imidazole rings is 1. The Morgan fingerprint density at radius 2 is 2.05 bits per heavy atom. The summed E-state index contributed by atoms with van der Waals surface area (Å²) in [5, 5.41) is 8.23. The maximum Gasteiger partial charge on any atom is 0.323 e. The Morgan fingerprint density at radius 3 is 2.95 bits per heavy atom. The molecule has 0 amide bonds. The van der Waals surface area contributed by atoms with Gasteiger partial charge in [-0.1, -0.05) is 0 Å². The van der Waals surface area contributed by atoms with Crippen LogP contribution in [0.4, 0.5) is 11.5 Å². The molecule has 104 valence electrons. The molecule has 0 radical (unpaired) electrons. The predicted octanol–water partition coefficient (Wildman–Crippen LogP) is 1.28. The first-order chi connectivity index (χ1) is 10.2. The van der Waals surface area contributed by atoms with Crippen LogP contribution in [-0.2, 0) is 7.05 Å². The fourth-order valence-electron chi connectivity index (χ4n) is 2.31. The fraction of sp³-hybridized carbons (Fsp3) is 0.0769. The Labute approximate surface area is 117 Å². The molecule has 0 aliphatic rings. The molecule has 0 fully saturated rings. The van der Waals surface area contributed by atoms with E-state index in [-0.39, 0.29) is 5.69 Å². The number of aromatic nitrogens is 6. The molecule has 8 nitrogen and oxygen atoms in total. The van der Waals surface area contributed by atoms with E-state index in [1.807, 2.05) is 25.2 Å². The number of hydrogen-bond acceptors (Lipinski definition) is 5. The van der Waals surface area contributed by atoms with Gasteiger partial charge in [0.05, 0.1) is 22.6 Å². The van der Waals surface area contributed by atoms with Crippen molar-refractivity contribution in [3.05, 3.63) is 41.2 Å². The number of nitrogens with zero attached hydrogens (tertiary/aromatic N) is 4. The van der Waals surface area contributed by atoms with E-state index in [4.69, 9.17) is 0 Å². The van der Waals surface area contributed by atoms with Crippen molar-refractivity contribution in [2.75, 3.05) is 5.32 Å². The van der Waals surface area contributed by atoms with Gasteiger partial charge in [0.2, 0.25) is 0 Å². The normalized spacial score (nSPS) is 11.3. The molecule has 0 atom stereocenters. The Kier molecular flexibility index (Phi) is 2.31.